The highest BCUT2D eigenvalue weighted by Gasteiger charge is 2.34. The number of benzene rings is 2. The van der Waals surface area contributed by atoms with Gasteiger partial charge in [-0.2, -0.15) is 0 Å². The summed E-state index contributed by atoms with van der Waals surface area (Å²) in [5, 5.41) is 2.79. The first-order chi connectivity index (χ1) is 14.8. The zero-order valence-electron chi connectivity index (χ0n) is 18.7. The maximum absolute atomic E-state index is 13.6. The van der Waals surface area contributed by atoms with Gasteiger partial charge in [0.2, 0.25) is 0 Å². The second kappa shape index (κ2) is 8.75. The summed E-state index contributed by atoms with van der Waals surface area (Å²) in [4.78, 5) is 7.62. The van der Waals surface area contributed by atoms with E-state index >= 15 is 0 Å². The van der Waals surface area contributed by atoms with Gasteiger partial charge >= 0.3 is 0 Å². The largest absolute Gasteiger partial charge is 0.348 e. The Labute approximate surface area is 189 Å². The molecule has 0 amide bonds. The molecule has 1 aliphatic heterocycles. The zero-order valence-corrected chi connectivity index (χ0v) is 20.3. The summed E-state index contributed by atoms with van der Waals surface area (Å²) in [6, 6.07) is 12.4. The number of piperidine rings is 1. The number of hydrogen-bond acceptors (Lipinski definition) is 5. The van der Waals surface area contributed by atoms with Crippen LogP contribution in [-0.4, -0.2) is 31.7 Å². The molecule has 2 heterocycles. The van der Waals surface area contributed by atoms with Gasteiger partial charge in [-0.15, -0.1) is 11.3 Å². The van der Waals surface area contributed by atoms with Gasteiger partial charge in [0.15, 0.2) is 15.0 Å². The van der Waals surface area contributed by atoms with Crippen LogP contribution in [0.25, 0.3) is 0 Å². The lowest BCUT2D eigenvalue weighted by Gasteiger charge is -2.32. The molecule has 1 fully saturated rings. The number of rotatable bonds is 5. The van der Waals surface area contributed by atoms with Crippen molar-refractivity contribution in [2.24, 2.45) is 0 Å². The molecule has 0 unspecified atom stereocenters. The fourth-order valence-corrected chi connectivity index (χ4v) is 7.68. The average Bonchev–Trinajstić information content (AvgIpc) is 3.21. The molecule has 0 spiro atoms. The van der Waals surface area contributed by atoms with Gasteiger partial charge in [0, 0.05) is 24.9 Å². The summed E-state index contributed by atoms with van der Waals surface area (Å²) in [6.45, 7) is 9.33. The van der Waals surface area contributed by atoms with Gasteiger partial charge in [0.25, 0.3) is 0 Å². The number of sulfone groups is 1. The first-order valence-electron chi connectivity index (χ1n) is 10.8. The Kier molecular flexibility index (Phi) is 6.22. The molecule has 1 aliphatic rings. The fourth-order valence-electron chi connectivity index (χ4n) is 4.46. The van der Waals surface area contributed by atoms with E-state index in [1.165, 1.54) is 5.56 Å². The predicted octanol–water partition coefficient (Wildman–Crippen LogP) is 5.41. The molecule has 164 valence electrons. The molecular weight excluding hydrogens is 424 g/mol. The molecule has 0 N–H and O–H groups in total. The van der Waals surface area contributed by atoms with Gasteiger partial charge in [0.05, 0.1) is 15.8 Å². The van der Waals surface area contributed by atoms with Crippen molar-refractivity contribution in [1.29, 1.82) is 0 Å². The van der Waals surface area contributed by atoms with Gasteiger partial charge in [-0.05, 0) is 68.4 Å². The molecule has 1 saturated heterocycles. The molecule has 3 aromatic rings. The second-order valence-electron chi connectivity index (χ2n) is 8.60. The minimum absolute atomic E-state index is 0.328. The van der Waals surface area contributed by atoms with Crippen LogP contribution in [-0.2, 0) is 16.3 Å². The van der Waals surface area contributed by atoms with Crippen molar-refractivity contribution in [3.8, 4) is 0 Å². The monoisotopic (exact) mass is 454 g/mol. The SMILES string of the molecule is Cc1cc(C)c(C)c(S(=O)(=O)C2CCN(c3nc(Cc4ccccc4)cs3)CC2)c1C. The van der Waals surface area contributed by atoms with E-state index in [2.05, 4.69) is 28.5 Å². The molecule has 6 heteroatoms. The second-order valence-corrected chi connectivity index (χ2v) is 11.6. The molecule has 0 atom stereocenters. The lowest BCUT2D eigenvalue weighted by molar-refractivity contribution is 0.528. The van der Waals surface area contributed by atoms with E-state index in [0.29, 0.717) is 17.7 Å². The highest BCUT2D eigenvalue weighted by Crippen LogP contribution is 2.34. The van der Waals surface area contributed by atoms with Crippen molar-refractivity contribution in [2.45, 2.75) is 57.1 Å². The normalized spacial score (nSPS) is 15.4. The smallest absolute Gasteiger partial charge is 0.185 e. The number of nitrogens with zero attached hydrogens (tertiary/aromatic N) is 2. The van der Waals surface area contributed by atoms with E-state index in [0.717, 1.165) is 52.6 Å². The van der Waals surface area contributed by atoms with Crippen LogP contribution < -0.4 is 4.90 Å². The Bertz CT molecular complexity index is 1150. The Morgan fingerprint density at radius 3 is 2.23 bits per heavy atom. The third kappa shape index (κ3) is 4.41. The lowest BCUT2D eigenvalue weighted by atomic mass is 10.0. The Balaban J connectivity index is 1.47. The van der Waals surface area contributed by atoms with Gasteiger partial charge in [-0.1, -0.05) is 36.4 Å². The fraction of sp³-hybridized carbons (Fsp3) is 0.400. The summed E-state index contributed by atoms with van der Waals surface area (Å²) in [5.74, 6) is 0. The van der Waals surface area contributed by atoms with E-state index in [4.69, 9.17) is 4.98 Å². The van der Waals surface area contributed by atoms with Crippen LogP contribution in [0.1, 0.15) is 46.4 Å². The molecule has 31 heavy (non-hydrogen) atoms. The molecule has 1 aromatic heterocycles. The number of aromatic nitrogens is 1. The van der Waals surface area contributed by atoms with Gasteiger partial charge in [0.1, 0.15) is 0 Å². The standard InChI is InChI=1S/C25H30N2O2S2/c1-17-14-18(2)20(4)24(19(17)3)31(28,29)23-10-12-27(13-11-23)25-26-22(16-30-25)15-21-8-6-5-7-9-21/h5-9,14,16,23H,10-13,15H2,1-4H3. The van der Waals surface area contributed by atoms with Crippen LogP contribution in [0.15, 0.2) is 46.7 Å². The summed E-state index contributed by atoms with van der Waals surface area (Å²) in [5.41, 5.74) is 6.22. The van der Waals surface area contributed by atoms with Crippen molar-refractivity contribution in [3.63, 3.8) is 0 Å². The molecule has 0 bridgehead atoms. The third-order valence-corrected chi connectivity index (χ3v) is 9.98. The Morgan fingerprint density at radius 2 is 1.61 bits per heavy atom. The third-order valence-electron chi connectivity index (χ3n) is 6.50. The zero-order chi connectivity index (χ0) is 22.2. The minimum Gasteiger partial charge on any atom is -0.348 e. The molecule has 2 aromatic carbocycles. The van der Waals surface area contributed by atoms with E-state index in [9.17, 15) is 8.42 Å². The maximum atomic E-state index is 13.6. The Hall–Kier alpha value is -2.18. The van der Waals surface area contributed by atoms with Crippen molar-refractivity contribution in [3.05, 3.63) is 75.3 Å². The molecule has 0 saturated carbocycles. The highest BCUT2D eigenvalue weighted by atomic mass is 32.2. The molecular formula is C25H30N2O2S2. The highest BCUT2D eigenvalue weighted by molar-refractivity contribution is 7.92. The minimum atomic E-state index is -3.35. The van der Waals surface area contributed by atoms with Gasteiger partial charge < -0.3 is 4.90 Å². The molecule has 4 nitrogen and oxygen atoms in total. The first-order valence-corrected chi connectivity index (χ1v) is 13.2. The van der Waals surface area contributed by atoms with Gasteiger partial charge in [-0.25, -0.2) is 13.4 Å². The number of hydrogen-bond donors (Lipinski definition) is 0. The van der Waals surface area contributed by atoms with Crippen LogP contribution in [0.4, 0.5) is 5.13 Å². The first kappa shape index (κ1) is 22.0. The van der Waals surface area contributed by atoms with E-state index in [-0.39, 0.29) is 5.25 Å². The molecule has 0 aliphatic carbocycles. The number of aryl methyl sites for hydroxylation is 2. The van der Waals surface area contributed by atoms with Crippen molar-refractivity contribution in [1.82, 2.24) is 4.98 Å². The van der Waals surface area contributed by atoms with Crippen molar-refractivity contribution >= 4 is 26.3 Å². The summed E-state index contributed by atoms with van der Waals surface area (Å²) >= 11 is 1.65. The van der Waals surface area contributed by atoms with Crippen LogP contribution in [0.5, 0.6) is 0 Å². The number of anilines is 1. The quantitative estimate of drug-likeness (QED) is 0.517. The summed E-state index contributed by atoms with van der Waals surface area (Å²) in [7, 11) is -3.35. The van der Waals surface area contributed by atoms with E-state index in [1.54, 1.807) is 11.3 Å². The lowest BCUT2D eigenvalue weighted by Crippen LogP contribution is -2.39. The summed E-state index contributed by atoms with van der Waals surface area (Å²) in [6.07, 6.45) is 2.11. The summed E-state index contributed by atoms with van der Waals surface area (Å²) < 4.78 is 27.1. The topological polar surface area (TPSA) is 50.3 Å². The molecule has 0 radical (unpaired) electrons. The van der Waals surface area contributed by atoms with Crippen LogP contribution in [0.2, 0.25) is 0 Å². The average molecular weight is 455 g/mol. The van der Waals surface area contributed by atoms with Crippen molar-refractivity contribution < 1.29 is 8.42 Å². The van der Waals surface area contributed by atoms with Crippen LogP contribution in [0.3, 0.4) is 0 Å². The maximum Gasteiger partial charge on any atom is 0.185 e. The number of thiazole rings is 1. The van der Waals surface area contributed by atoms with E-state index < -0.39 is 9.84 Å². The van der Waals surface area contributed by atoms with Crippen LogP contribution in [0, 0.1) is 27.7 Å². The molecule has 4 rings (SSSR count). The van der Waals surface area contributed by atoms with Crippen molar-refractivity contribution in [2.75, 3.05) is 18.0 Å². The van der Waals surface area contributed by atoms with Gasteiger partial charge in [-0.3, -0.25) is 0 Å². The van der Waals surface area contributed by atoms with Crippen LogP contribution >= 0.6 is 11.3 Å². The Morgan fingerprint density at radius 1 is 1.00 bits per heavy atom. The predicted molar refractivity (Wildman–Crippen MR) is 129 cm³/mol. The van der Waals surface area contributed by atoms with E-state index in [1.807, 2.05) is 45.9 Å².